The molecule has 0 aliphatic carbocycles. The first-order valence-electron chi connectivity index (χ1n) is 6.38. The van der Waals surface area contributed by atoms with Crippen LogP contribution < -0.4 is 0 Å². The van der Waals surface area contributed by atoms with Crippen molar-refractivity contribution >= 4 is 44.1 Å². The molecule has 0 unspecified atom stereocenters. The molecule has 0 N–H and O–H groups in total. The Morgan fingerprint density at radius 3 is 2.75 bits per heavy atom. The Hall–Kier alpha value is -0.780. The molecule has 0 aliphatic heterocycles. The van der Waals surface area contributed by atoms with E-state index >= 15 is 0 Å². The third-order valence-electron chi connectivity index (χ3n) is 3.18. The van der Waals surface area contributed by atoms with Crippen molar-refractivity contribution in [1.82, 2.24) is 9.55 Å². The van der Waals surface area contributed by atoms with Gasteiger partial charge in [-0.15, -0.1) is 11.6 Å². The highest BCUT2D eigenvalue weighted by molar-refractivity contribution is 7.91. The molecule has 0 amide bonds. The van der Waals surface area contributed by atoms with Gasteiger partial charge >= 0.3 is 0 Å². The van der Waals surface area contributed by atoms with E-state index in [4.69, 9.17) is 23.2 Å². The number of benzene rings is 1. The fourth-order valence-electron chi connectivity index (χ4n) is 2.08. The Kier molecular flexibility index (Phi) is 4.94. The molecule has 0 bridgehead atoms. The van der Waals surface area contributed by atoms with Crippen molar-refractivity contribution < 1.29 is 8.42 Å². The maximum absolute atomic E-state index is 11.7. The van der Waals surface area contributed by atoms with E-state index in [-0.39, 0.29) is 11.5 Å². The molecule has 4 nitrogen and oxygen atoms in total. The second-order valence-electron chi connectivity index (χ2n) is 4.46. The standard InChI is InChI=1S/C13H16Cl2N2O2S/c1-2-20(18,19)9-8-17-12(6-7-14)16-11-5-3-4-10(15)13(11)17/h3-5H,2,6-9H2,1H3. The van der Waals surface area contributed by atoms with Crippen LogP contribution in [0.25, 0.3) is 11.0 Å². The van der Waals surface area contributed by atoms with Crippen molar-refractivity contribution in [2.45, 2.75) is 19.9 Å². The summed E-state index contributed by atoms with van der Waals surface area (Å²) in [6.07, 6.45) is 0.582. The molecule has 0 fully saturated rings. The van der Waals surface area contributed by atoms with Gasteiger partial charge in [-0.3, -0.25) is 0 Å². The molecule has 2 aromatic rings. The number of alkyl halides is 1. The maximum Gasteiger partial charge on any atom is 0.151 e. The number of rotatable bonds is 6. The SMILES string of the molecule is CCS(=O)(=O)CCn1c(CCCl)nc2cccc(Cl)c21. The van der Waals surface area contributed by atoms with Gasteiger partial charge in [-0.05, 0) is 12.1 Å². The van der Waals surface area contributed by atoms with Gasteiger partial charge in [0.25, 0.3) is 0 Å². The number of aromatic nitrogens is 2. The van der Waals surface area contributed by atoms with Crippen LogP contribution in [-0.2, 0) is 22.8 Å². The topological polar surface area (TPSA) is 52.0 Å². The molecular weight excluding hydrogens is 319 g/mol. The largest absolute Gasteiger partial charge is 0.326 e. The number of aryl methyl sites for hydroxylation is 2. The van der Waals surface area contributed by atoms with Gasteiger partial charge in [-0.25, -0.2) is 13.4 Å². The van der Waals surface area contributed by atoms with Crippen molar-refractivity contribution in [2.75, 3.05) is 17.4 Å². The zero-order valence-corrected chi connectivity index (χ0v) is 13.5. The fraction of sp³-hybridized carbons (Fsp3) is 0.462. The van der Waals surface area contributed by atoms with Crippen molar-refractivity contribution in [2.24, 2.45) is 0 Å². The second kappa shape index (κ2) is 6.33. The lowest BCUT2D eigenvalue weighted by Crippen LogP contribution is -2.16. The molecule has 1 aromatic carbocycles. The minimum absolute atomic E-state index is 0.0788. The predicted molar refractivity (Wildman–Crippen MR) is 83.5 cm³/mol. The van der Waals surface area contributed by atoms with E-state index < -0.39 is 9.84 Å². The average molecular weight is 335 g/mol. The van der Waals surface area contributed by atoms with Crippen LogP contribution in [0.15, 0.2) is 18.2 Å². The summed E-state index contributed by atoms with van der Waals surface area (Å²) in [5.41, 5.74) is 1.55. The van der Waals surface area contributed by atoms with Crippen LogP contribution in [0.1, 0.15) is 12.7 Å². The van der Waals surface area contributed by atoms with E-state index in [1.54, 1.807) is 13.0 Å². The Labute approximate surface area is 128 Å². The molecule has 0 radical (unpaired) electrons. The summed E-state index contributed by atoms with van der Waals surface area (Å²) in [7, 11) is -3.03. The maximum atomic E-state index is 11.7. The molecule has 0 saturated heterocycles. The van der Waals surface area contributed by atoms with Gasteiger partial charge in [-0.2, -0.15) is 0 Å². The van der Waals surface area contributed by atoms with Crippen LogP contribution >= 0.6 is 23.2 Å². The smallest absolute Gasteiger partial charge is 0.151 e. The van der Waals surface area contributed by atoms with Crippen molar-refractivity contribution in [1.29, 1.82) is 0 Å². The van der Waals surface area contributed by atoms with E-state index in [1.807, 2.05) is 16.7 Å². The molecule has 0 aliphatic rings. The average Bonchev–Trinajstić information content (AvgIpc) is 2.76. The predicted octanol–water partition coefficient (Wildman–Crippen LogP) is 2.91. The number of hydrogen-bond acceptors (Lipinski definition) is 3. The highest BCUT2D eigenvalue weighted by Crippen LogP contribution is 2.25. The monoisotopic (exact) mass is 334 g/mol. The summed E-state index contributed by atoms with van der Waals surface area (Å²) in [4.78, 5) is 4.49. The Morgan fingerprint density at radius 2 is 2.10 bits per heavy atom. The molecule has 20 heavy (non-hydrogen) atoms. The molecule has 1 heterocycles. The summed E-state index contributed by atoms with van der Waals surface area (Å²) in [6, 6.07) is 5.47. The lowest BCUT2D eigenvalue weighted by atomic mass is 10.3. The van der Waals surface area contributed by atoms with Crippen LogP contribution in [0.3, 0.4) is 0 Å². The third kappa shape index (κ3) is 3.27. The summed E-state index contributed by atoms with van der Waals surface area (Å²) < 4.78 is 25.3. The van der Waals surface area contributed by atoms with E-state index in [0.717, 1.165) is 16.9 Å². The minimum atomic E-state index is -3.03. The quantitative estimate of drug-likeness (QED) is 0.763. The van der Waals surface area contributed by atoms with Crippen LogP contribution in [-0.4, -0.2) is 35.4 Å². The van der Waals surface area contributed by atoms with E-state index in [0.29, 0.717) is 23.9 Å². The Balaban J connectivity index is 2.45. The normalized spacial score (nSPS) is 12.2. The molecular formula is C13H16Cl2N2O2S. The van der Waals surface area contributed by atoms with Crippen molar-refractivity contribution in [3.05, 3.63) is 29.0 Å². The fourth-order valence-corrected chi connectivity index (χ4v) is 3.27. The lowest BCUT2D eigenvalue weighted by molar-refractivity contribution is 0.589. The van der Waals surface area contributed by atoms with Crippen molar-refractivity contribution in [3.8, 4) is 0 Å². The first-order chi connectivity index (χ1) is 9.48. The van der Waals surface area contributed by atoms with Crippen LogP contribution in [0, 0.1) is 0 Å². The van der Waals surface area contributed by atoms with Crippen LogP contribution in [0.4, 0.5) is 0 Å². The number of imidazole rings is 1. The second-order valence-corrected chi connectivity index (χ2v) is 7.72. The molecule has 0 atom stereocenters. The summed E-state index contributed by atoms with van der Waals surface area (Å²) in [5.74, 6) is 1.42. The van der Waals surface area contributed by atoms with Gasteiger partial charge in [0, 0.05) is 24.6 Å². The van der Waals surface area contributed by atoms with Gasteiger partial charge in [0.05, 0.1) is 21.8 Å². The number of halogens is 2. The number of para-hydroxylation sites is 1. The third-order valence-corrected chi connectivity index (χ3v) is 5.36. The van der Waals surface area contributed by atoms with Crippen LogP contribution in [0.5, 0.6) is 0 Å². The number of hydrogen-bond donors (Lipinski definition) is 0. The van der Waals surface area contributed by atoms with E-state index in [9.17, 15) is 8.42 Å². The molecule has 0 saturated carbocycles. The number of sulfone groups is 1. The van der Waals surface area contributed by atoms with Gasteiger partial charge in [0.15, 0.2) is 9.84 Å². The van der Waals surface area contributed by atoms with Gasteiger partial charge in [0.2, 0.25) is 0 Å². The summed E-state index contributed by atoms with van der Waals surface area (Å²) in [6.45, 7) is 2.00. The molecule has 1 aromatic heterocycles. The molecule has 7 heteroatoms. The zero-order chi connectivity index (χ0) is 14.8. The van der Waals surface area contributed by atoms with Crippen molar-refractivity contribution in [3.63, 3.8) is 0 Å². The number of nitrogens with zero attached hydrogens (tertiary/aromatic N) is 2. The van der Waals surface area contributed by atoms with E-state index in [1.165, 1.54) is 0 Å². The molecule has 0 spiro atoms. The minimum Gasteiger partial charge on any atom is -0.326 e. The zero-order valence-electron chi connectivity index (χ0n) is 11.1. The van der Waals surface area contributed by atoms with Crippen LogP contribution in [0.2, 0.25) is 5.02 Å². The lowest BCUT2D eigenvalue weighted by Gasteiger charge is -2.09. The highest BCUT2D eigenvalue weighted by atomic mass is 35.5. The highest BCUT2D eigenvalue weighted by Gasteiger charge is 2.15. The first kappa shape index (κ1) is 15.6. The van der Waals surface area contributed by atoms with Gasteiger partial charge in [-0.1, -0.05) is 24.6 Å². The Bertz CT molecular complexity index is 710. The van der Waals surface area contributed by atoms with Gasteiger partial charge < -0.3 is 4.57 Å². The van der Waals surface area contributed by atoms with Gasteiger partial charge in [0.1, 0.15) is 5.82 Å². The summed E-state index contributed by atoms with van der Waals surface area (Å²) in [5, 5.41) is 0.574. The first-order valence-corrected chi connectivity index (χ1v) is 9.12. The molecule has 110 valence electrons. The Morgan fingerprint density at radius 1 is 1.35 bits per heavy atom. The summed E-state index contributed by atoms with van der Waals surface area (Å²) >= 11 is 12.0. The molecule has 2 rings (SSSR count). The van der Waals surface area contributed by atoms with E-state index in [2.05, 4.69) is 4.98 Å². The number of fused-ring (bicyclic) bond motifs is 1.